The highest BCUT2D eigenvalue weighted by molar-refractivity contribution is 5.96. The Balaban J connectivity index is 2.48. The predicted octanol–water partition coefficient (Wildman–Crippen LogP) is 5.28. The third kappa shape index (κ3) is 6.36. The van der Waals surface area contributed by atoms with Gasteiger partial charge in [-0.05, 0) is 53.5 Å². The number of carbonyl (C=O) groups is 2. The Labute approximate surface area is 201 Å². The van der Waals surface area contributed by atoms with Crippen LogP contribution in [0.15, 0.2) is 31.1 Å². The molecule has 1 unspecified atom stereocenters. The Morgan fingerprint density at radius 2 is 1.86 bits per heavy atom. The Morgan fingerprint density at radius 1 is 1.23 bits per heavy atom. The van der Waals surface area contributed by atoms with Crippen LogP contribution in [0.4, 0.5) is 22.0 Å². The van der Waals surface area contributed by atoms with Gasteiger partial charge in [0.1, 0.15) is 5.60 Å². The maximum Gasteiger partial charge on any atom is 0.417 e. The monoisotopic (exact) mass is 506 g/mol. The number of esters is 1. The number of halogens is 5. The Kier molecular flexibility index (Phi) is 8.36. The fourth-order valence-corrected chi connectivity index (χ4v) is 3.76. The summed E-state index contributed by atoms with van der Waals surface area (Å²) in [5.41, 5.74) is -6.54. The van der Waals surface area contributed by atoms with Gasteiger partial charge in [-0.25, -0.2) is 13.6 Å². The molecule has 1 aliphatic heterocycles. The highest BCUT2D eigenvalue weighted by Crippen LogP contribution is 2.39. The molecule has 1 amide bonds. The minimum absolute atomic E-state index is 0.0195. The molecule has 196 valence electrons. The van der Waals surface area contributed by atoms with Crippen molar-refractivity contribution in [2.24, 2.45) is 5.41 Å². The molecule has 1 saturated heterocycles. The van der Waals surface area contributed by atoms with Crippen LogP contribution in [0.1, 0.15) is 63.4 Å². The summed E-state index contributed by atoms with van der Waals surface area (Å²) in [4.78, 5) is 31.1. The first kappa shape index (κ1) is 28.7. The number of hydrogen-bond acceptors (Lipinski definition) is 5. The number of hydrogen-bond donors (Lipinski definition) is 0. The molecule has 11 heteroatoms. The van der Waals surface area contributed by atoms with Gasteiger partial charge < -0.3 is 14.4 Å². The van der Waals surface area contributed by atoms with Crippen molar-refractivity contribution in [1.82, 2.24) is 9.88 Å². The number of nitrogens with zero attached hydrogens (tertiary/aromatic N) is 2. The fraction of sp³-hybridized carbons (Fsp3) is 0.625. The van der Waals surface area contributed by atoms with Crippen molar-refractivity contribution in [2.45, 2.75) is 77.4 Å². The Morgan fingerprint density at radius 3 is 2.37 bits per heavy atom. The van der Waals surface area contributed by atoms with Crippen molar-refractivity contribution >= 4 is 11.9 Å². The standard InChI is InChI=1S/C24H31F5N2O4/c1-7-22(6,19(25)26)15(2)34-23(20(33)35-21(3,4)5)10-8-12-31(14-23)18(32)16-13-30-11-9-17(16)24(27,28)29/h7,9,11,13,15,19H,1,8,10,12,14H2,2-6H3/t15-,22-,23?/m0/s1. The molecular weight excluding hydrogens is 475 g/mol. The van der Waals surface area contributed by atoms with Crippen LogP contribution in [0.5, 0.6) is 0 Å². The van der Waals surface area contributed by atoms with Crippen molar-refractivity contribution < 1.29 is 41.0 Å². The fourth-order valence-electron chi connectivity index (χ4n) is 3.76. The minimum atomic E-state index is -4.81. The summed E-state index contributed by atoms with van der Waals surface area (Å²) in [6.07, 6.45) is -5.98. The summed E-state index contributed by atoms with van der Waals surface area (Å²) in [5, 5.41) is 0. The quantitative estimate of drug-likeness (QED) is 0.286. The van der Waals surface area contributed by atoms with Crippen LogP contribution >= 0.6 is 0 Å². The lowest BCUT2D eigenvalue weighted by Crippen LogP contribution is -2.60. The second-order valence-corrected chi connectivity index (χ2v) is 9.88. The molecular formula is C24H31F5N2O4. The number of ether oxygens (including phenoxy) is 2. The van der Waals surface area contributed by atoms with Gasteiger partial charge in [-0.15, -0.1) is 6.58 Å². The first-order valence-corrected chi connectivity index (χ1v) is 11.1. The molecule has 1 aliphatic rings. The maximum absolute atomic E-state index is 13.8. The zero-order valence-electron chi connectivity index (χ0n) is 20.4. The van der Waals surface area contributed by atoms with Gasteiger partial charge in [-0.3, -0.25) is 9.78 Å². The van der Waals surface area contributed by atoms with Crippen LogP contribution in [0.3, 0.4) is 0 Å². The number of amides is 1. The van der Waals surface area contributed by atoms with Crippen molar-refractivity contribution in [2.75, 3.05) is 13.1 Å². The molecule has 35 heavy (non-hydrogen) atoms. The van der Waals surface area contributed by atoms with E-state index in [9.17, 15) is 31.5 Å². The van der Waals surface area contributed by atoms with E-state index in [0.717, 1.165) is 23.4 Å². The second-order valence-electron chi connectivity index (χ2n) is 9.88. The molecule has 2 rings (SSSR count). The van der Waals surface area contributed by atoms with Crippen LogP contribution in [-0.2, 0) is 20.4 Å². The third-order valence-electron chi connectivity index (χ3n) is 6.06. The number of rotatable bonds is 7. The number of aromatic nitrogens is 1. The van der Waals surface area contributed by atoms with Crippen LogP contribution in [-0.4, -0.2) is 58.6 Å². The lowest BCUT2D eigenvalue weighted by molar-refractivity contribution is -0.210. The number of alkyl halides is 5. The van der Waals surface area contributed by atoms with Crippen LogP contribution in [0, 0.1) is 5.41 Å². The SMILES string of the molecule is C=C[C@](C)(C(F)F)[C@H](C)OC1(C(=O)OC(C)(C)C)CCCN(C(=O)c2cnccc2C(F)(F)F)C1. The Hall–Kier alpha value is -2.56. The van der Waals surface area contributed by atoms with E-state index in [0.29, 0.717) is 6.07 Å². The molecule has 1 aromatic rings. The first-order valence-electron chi connectivity index (χ1n) is 11.1. The van der Waals surface area contributed by atoms with E-state index < -0.39 is 64.9 Å². The van der Waals surface area contributed by atoms with Crippen molar-refractivity contribution in [1.29, 1.82) is 0 Å². The normalized spacial score (nSPS) is 21.9. The Bertz CT molecular complexity index is 947. The topological polar surface area (TPSA) is 68.7 Å². The molecule has 0 N–H and O–H groups in total. The summed E-state index contributed by atoms with van der Waals surface area (Å²) in [5.74, 6) is -1.90. The van der Waals surface area contributed by atoms with Crippen LogP contribution < -0.4 is 0 Å². The van der Waals surface area contributed by atoms with Crippen molar-refractivity contribution in [3.05, 3.63) is 42.2 Å². The summed E-state index contributed by atoms with van der Waals surface area (Å²) < 4.78 is 79.5. The van der Waals surface area contributed by atoms with Gasteiger partial charge in [0.05, 0.1) is 29.2 Å². The molecule has 0 spiro atoms. The molecule has 0 radical (unpaired) electrons. The molecule has 0 aliphatic carbocycles. The molecule has 1 fully saturated rings. The summed E-state index contributed by atoms with van der Waals surface area (Å²) in [6.45, 7) is 10.4. The van der Waals surface area contributed by atoms with Gasteiger partial charge in [0.15, 0.2) is 5.60 Å². The molecule has 2 heterocycles. The second kappa shape index (κ2) is 10.2. The van der Waals surface area contributed by atoms with E-state index in [4.69, 9.17) is 9.47 Å². The smallest absolute Gasteiger partial charge is 0.417 e. The largest absolute Gasteiger partial charge is 0.458 e. The van der Waals surface area contributed by atoms with Crippen molar-refractivity contribution in [3.63, 3.8) is 0 Å². The predicted molar refractivity (Wildman–Crippen MR) is 118 cm³/mol. The van der Waals surface area contributed by atoms with Crippen LogP contribution in [0.2, 0.25) is 0 Å². The van der Waals surface area contributed by atoms with Gasteiger partial charge in [-0.2, -0.15) is 13.2 Å². The van der Waals surface area contributed by atoms with Gasteiger partial charge in [-0.1, -0.05) is 6.08 Å². The van der Waals surface area contributed by atoms with E-state index in [2.05, 4.69) is 11.6 Å². The number of carbonyl (C=O) groups excluding carboxylic acids is 2. The van der Waals surface area contributed by atoms with E-state index >= 15 is 0 Å². The molecule has 3 atom stereocenters. The molecule has 6 nitrogen and oxygen atoms in total. The number of pyridine rings is 1. The molecule has 0 saturated carbocycles. The zero-order chi connectivity index (χ0) is 26.8. The van der Waals surface area contributed by atoms with E-state index in [1.165, 1.54) is 13.8 Å². The molecule has 0 aromatic carbocycles. The van der Waals surface area contributed by atoms with E-state index in [1.807, 2.05) is 0 Å². The van der Waals surface area contributed by atoms with Crippen molar-refractivity contribution in [3.8, 4) is 0 Å². The third-order valence-corrected chi connectivity index (χ3v) is 6.06. The van der Waals surface area contributed by atoms with Gasteiger partial charge in [0, 0.05) is 18.9 Å². The summed E-state index contributed by atoms with van der Waals surface area (Å²) in [6, 6.07) is 0.690. The lowest BCUT2D eigenvalue weighted by Gasteiger charge is -2.45. The molecule has 0 bridgehead atoms. The van der Waals surface area contributed by atoms with E-state index in [1.54, 1.807) is 20.8 Å². The maximum atomic E-state index is 13.8. The highest BCUT2D eigenvalue weighted by Gasteiger charge is 2.52. The highest BCUT2D eigenvalue weighted by atomic mass is 19.4. The molecule has 1 aromatic heterocycles. The van der Waals surface area contributed by atoms with Gasteiger partial charge >= 0.3 is 12.1 Å². The average molecular weight is 507 g/mol. The lowest BCUT2D eigenvalue weighted by atomic mass is 9.84. The van der Waals surface area contributed by atoms with Gasteiger partial charge in [0.2, 0.25) is 6.43 Å². The van der Waals surface area contributed by atoms with E-state index in [-0.39, 0.29) is 19.4 Å². The minimum Gasteiger partial charge on any atom is -0.458 e. The summed E-state index contributed by atoms with van der Waals surface area (Å²) in [7, 11) is 0. The summed E-state index contributed by atoms with van der Waals surface area (Å²) >= 11 is 0. The number of piperidine rings is 1. The van der Waals surface area contributed by atoms with Gasteiger partial charge in [0.25, 0.3) is 5.91 Å². The first-order chi connectivity index (χ1) is 16.0. The average Bonchev–Trinajstić information content (AvgIpc) is 2.76. The van der Waals surface area contributed by atoms with Crippen LogP contribution in [0.25, 0.3) is 0 Å². The number of likely N-dealkylation sites (tertiary alicyclic amines) is 1. The zero-order valence-corrected chi connectivity index (χ0v) is 20.4.